The molecule has 0 bridgehead atoms. The maximum Gasteiger partial charge on any atom is 0.269 e. The van der Waals surface area contributed by atoms with Gasteiger partial charge in [-0.3, -0.25) is 15.1 Å². The third kappa shape index (κ3) is 3.20. The predicted molar refractivity (Wildman–Crippen MR) is 117 cm³/mol. The van der Waals surface area contributed by atoms with Crippen molar-refractivity contribution in [3.63, 3.8) is 0 Å². The van der Waals surface area contributed by atoms with Crippen LogP contribution in [0.4, 0.5) is 11.4 Å². The first-order valence-electron chi connectivity index (χ1n) is 9.71. The van der Waals surface area contributed by atoms with Crippen molar-refractivity contribution in [3.05, 3.63) is 99.9 Å². The highest BCUT2D eigenvalue weighted by Gasteiger charge is 2.31. The lowest BCUT2D eigenvalue weighted by Gasteiger charge is -2.24. The topological polar surface area (TPSA) is 87.4 Å². The van der Waals surface area contributed by atoms with E-state index in [-0.39, 0.29) is 16.7 Å². The van der Waals surface area contributed by atoms with Crippen molar-refractivity contribution in [2.24, 2.45) is 5.10 Å². The van der Waals surface area contributed by atoms with Crippen LogP contribution in [0.15, 0.2) is 77.9 Å². The van der Waals surface area contributed by atoms with Crippen molar-refractivity contribution < 1.29 is 4.92 Å². The summed E-state index contributed by atoms with van der Waals surface area (Å²) in [6, 6.07) is 22.7. The van der Waals surface area contributed by atoms with E-state index >= 15 is 0 Å². The number of benzene rings is 3. The maximum atomic E-state index is 11.0. The highest BCUT2D eigenvalue weighted by Crippen LogP contribution is 2.37. The number of aryl methyl sites for hydroxylation is 1. The monoisotopic (exact) mass is 397 g/mol. The van der Waals surface area contributed by atoms with Crippen LogP contribution in [0.2, 0.25) is 0 Å². The molecule has 0 amide bonds. The van der Waals surface area contributed by atoms with Crippen molar-refractivity contribution in [1.29, 1.82) is 0 Å². The highest BCUT2D eigenvalue weighted by atomic mass is 16.6. The van der Waals surface area contributed by atoms with Crippen LogP contribution < -0.4 is 5.01 Å². The van der Waals surface area contributed by atoms with E-state index in [1.807, 2.05) is 48.3 Å². The van der Waals surface area contributed by atoms with Gasteiger partial charge in [-0.1, -0.05) is 42.0 Å². The maximum absolute atomic E-state index is 11.0. The lowest BCUT2D eigenvalue weighted by molar-refractivity contribution is -0.384. The molecule has 2 heterocycles. The van der Waals surface area contributed by atoms with Crippen molar-refractivity contribution in [2.75, 3.05) is 5.01 Å². The van der Waals surface area contributed by atoms with Gasteiger partial charge in [0.25, 0.3) is 5.69 Å². The Labute approximate surface area is 172 Å². The Hall–Kier alpha value is -4.00. The zero-order valence-corrected chi connectivity index (χ0v) is 16.3. The molecule has 0 unspecified atom stereocenters. The molecule has 0 saturated carbocycles. The highest BCUT2D eigenvalue weighted by molar-refractivity contribution is 6.02. The summed E-state index contributed by atoms with van der Waals surface area (Å²) < 4.78 is 0. The van der Waals surface area contributed by atoms with Crippen LogP contribution in [0.5, 0.6) is 0 Å². The van der Waals surface area contributed by atoms with Gasteiger partial charge in [0.2, 0.25) is 0 Å². The van der Waals surface area contributed by atoms with Gasteiger partial charge in [0.15, 0.2) is 5.82 Å². The number of hydrogen-bond donors (Lipinski definition) is 1. The number of nitrogens with zero attached hydrogens (tertiary/aromatic N) is 4. The number of imidazole rings is 1. The molecule has 1 aromatic heterocycles. The molecule has 4 aromatic rings. The number of hydrazone groups is 1. The number of nitro groups is 1. The van der Waals surface area contributed by atoms with E-state index in [9.17, 15) is 10.1 Å². The van der Waals surface area contributed by atoms with Crippen LogP contribution in [-0.2, 0) is 0 Å². The number of non-ortho nitro benzene ring substituents is 1. The molecule has 30 heavy (non-hydrogen) atoms. The Kier molecular flexibility index (Phi) is 4.28. The number of aromatic amines is 1. The van der Waals surface area contributed by atoms with Gasteiger partial charge in [-0.2, -0.15) is 5.10 Å². The lowest BCUT2D eigenvalue weighted by atomic mass is 10.0. The zero-order chi connectivity index (χ0) is 20.7. The minimum Gasteiger partial charge on any atom is -0.337 e. The molecule has 1 aliphatic heterocycles. The SMILES string of the molecule is Cc1ccc(N2N=C(c3nc4ccccc4[nH]3)C[C@H]2c2ccc([N+](=O)[O-])cc2)cc1. The van der Waals surface area contributed by atoms with Gasteiger partial charge in [0.1, 0.15) is 5.71 Å². The minimum absolute atomic E-state index is 0.0725. The van der Waals surface area contributed by atoms with E-state index in [1.54, 1.807) is 24.3 Å². The fourth-order valence-electron chi connectivity index (χ4n) is 3.76. The van der Waals surface area contributed by atoms with Crippen LogP contribution >= 0.6 is 0 Å². The van der Waals surface area contributed by atoms with E-state index in [1.165, 1.54) is 5.56 Å². The first kappa shape index (κ1) is 18.1. The standard InChI is InChI=1S/C23H19N5O2/c1-15-6-10-17(11-7-15)27-22(16-8-12-18(13-9-16)28(29)30)14-21(26-27)23-24-19-4-2-3-5-20(19)25-23/h2-13,22H,14H2,1H3,(H,24,25)/t22-/m0/s1. The summed E-state index contributed by atoms with van der Waals surface area (Å²) in [7, 11) is 0. The molecule has 1 aliphatic rings. The lowest BCUT2D eigenvalue weighted by Crippen LogP contribution is -2.18. The Morgan fingerprint density at radius 1 is 1.03 bits per heavy atom. The Balaban J connectivity index is 1.55. The summed E-state index contributed by atoms with van der Waals surface area (Å²) in [5.74, 6) is 0.748. The quantitative estimate of drug-likeness (QED) is 0.382. The summed E-state index contributed by atoms with van der Waals surface area (Å²) in [4.78, 5) is 18.7. The number of H-pyrrole nitrogens is 1. The first-order chi connectivity index (χ1) is 14.6. The number of fused-ring (bicyclic) bond motifs is 1. The Morgan fingerprint density at radius 3 is 2.47 bits per heavy atom. The molecule has 1 atom stereocenters. The molecule has 7 heteroatoms. The van der Waals surface area contributed by atoms with Gasteiger partial charge < -0.3 is 4.98 Å². The molecule has 0 fully saturated rings. The molecule has 148 valence electrons. The van der Waals surface area contributed by atoms with Gasteiger partial charge >= 0.3 is 0 Å². The second-order valence-corrected chi connectivity index (χ2v) is 7.40. The van der Waals surface area contributed by atoms with Gasteiger partial charge in [-0.25, -0.2) is 4.98 Å². The van der Waals surface area contributed by atoms with Crippen LogP contribution in [0.1, 0.15) is 29.4 Å². The number of nitrogens with one attached hydrogen (secondary N) is 1. The molecule has 3 aromatic carbocycles. The fraction of sp³-hybridized carbons (Fsp3) is 0.130. The number of aromatic nitrogens is 2. The summed E-state index contributed by atoms with van der Waals surface area (Å²) in [5.41, 5.74) is 5.91. The third-order valence-electron chi connectivity index (χ3n) is 5.36. The number of nitro benzene ring substituents is 1. The van der Waals surface area contributed by atoms with E-state index < -0.39 is 0 Å². The molecule has 5 rings (SSSR count). The Bertz CT molecular complexity index is 1230. The van der Waals surface area contributed by atoms with Crippen molar-refractivity contribution >= 4 is 28.1 Å². The normalized spacial score (nSPS) is 16.1. The van der Waals surface area contributed by atoms with Gasteiger partial charge in [0.05, 0.1) is 27.7 Å². The third-order valence-corrected chi connectivity index (χ3v) is 5.36. The number of para-hydroxylation sites is 2. The van der Waals surface area contributed by atoms with E-state index in [4.69, 9.17) is 10.1 Å². The molecular weight excluding hydrogens is 378 g/mol. The van der Waals surface area contributed by atoms with Crippen LogP contribution in [0, 0.1) is 17.0 Å². The number of anilines is 1. The summed E-state index contributed by atoms with van der Waals surface area (Å²) in [6.45, 7) is 2.05. The van der Waals surface area contributed by atoms with Crippen molar-refractivity contribution in [3.8, 4) is 0 Å². The Morgan fingerprint density at radius 2 is 1.77 bits per heavy atom. The van der Waals surface area contributed by atoms with Crippen LogP contribution in [-0.4, -0.2) is 20.6 Å². The zero-order valence-electron chi connectivity index (χ0n) is 16.3. The average Bonchev–Trinajstić information content (AvgIpc) is 3.39. The minimum atomic E-state index is -0.382. The predicted octanol–water partition coefficient (Wildman–Crippen LogP) is 5.14. The van der Waals surface area contributed by atoms with E-state index in [2.05, 4.69) is 17.1 Å². The van der Waals surface area contributed by atoms with Gasteiger partial charge in [0, 0.05) is 18.6 Å². The summed E-state index contributed by atoms with van der Waals surface area (Å²) in [6.07, 6.45) is 0.644. The van der Waals surface area contributed by atoms with E-state index in [0.29, 0.717) is 6.42 Å². The molecule has 0 aliphatic carbocycles. The molecular formula is C23H19N5O2. The molecule has 1 N–H and O–H groups in total. The number of hydrogen-bond acceptors (Lipinski definition) is 5. The first-order valence-corrected chi connectivity index (χ1v) is 9.71. The summed E-state index contributed by atoms with van der Waals surface area (Å²) in [5, 5.41) is 17.9. The van der Waals surface area contributed by atoms with Crippen LogP contribution in [0.3, 0.4) is 0 Å². The largest absolute Gasteiger partial charge is 0.337 e. The van der Waals surface area contributed by atoms with E-state index in [0.717, 1.165) is 33.8 Å². The second-order valence-electron chi connectivity index (χ2n) is 7.40. The molecule has 0 radical (unpaired) electrons. The van der Waals surface area contributed by atoms with Crippen LogP contribution in [0.25, 0.3) is 11.0 Å². The number of rotatable bonds is 4. The smallest absolute Gasteiger partial charge is 0.269 e. The molecule has 7 nitrogen and oxygen atoms in total. The molecule has 0 spiro atoms. The molecule has 0 saturated heterocycles. The van der Waals surface area contributed by atoms with Gasteiger partial charge in [-0.15, -0.1) is 0 Å². The van der Waals surface area contributed by atoms with Crippen molar-refractivity contribution in [2.45, 2.75) is 19.4 Å². The van der Waals surface area contributed by atoms with Gasteiger partial charge in [-0.05, 0) is 36.8 Å². The van der Waals surface area contributed by atoms with Crippen molar-refractivity contribution in [1.82, 2.24) is 9.97 Å². The second kappa shape index (κ2) is 7.11. The average molecular weight is 397 g/mol. The summed E-state index contributed by atoms with van der Waals surface area (Å²) >= 11 is 0. The fourth-order valence-corrected chi connectivity index (χ4v) is 3.76.